The number of ketones is 1. The van der Waals surface area contributed by atoms with E-state index in [0.717, 1.165) is 16.3 Å². The average Bonchev–Trinajstić information content (AvgIpc) is 3.14. The van der Waals surface area contributed by atoms with Crippen LogP contribution < -0.4 is 5.32 Å². The van der Waals surface area contributed by atoms with E-state index in [0.29, 0.717) is 16.8 Å². The third kappa shape index (κ3) is 6.43. The predicted molar refractivity (Wildman–Crippen MR) is 123 cm³/mol. The van der Waals surface area contributed by atoms with E-state index in [1.54, 1.807) is 64.1 Å². The summed E-state index contributed by atoms with van der Waals surface area (Å²) in [6.07, 6.45) is -1.59. The van der Waals surface area contributed by atoms with Crippen LogP contribution in [0.25, 0.3) is 11.4 Å². The van der Waals surface area contributed by atoms with E-state index in [4.69, 9.17) is 0 Å². The summed E-state index contributed by atoms with van der Waals surface area (Å²) in [6.45, 7) is 5.67. The molecule has 1 N–H and O–H groups in total. The van der Waals surface area contributed by atoms with Crippen LogP contribution in [0.4, 0.5) is 18.9 Å². The number of aromatic nitrogens is 4. The number of alkyl halides is 3. The van der Waals surface area contributed by atoms with E-state index in [9.17, 15) is 22.8 Å². The number of pyridine rings is 1. The minimum atomic E-state index is -4.50. The summed E-state index contributed by atoms with van der Waals surface area (Å²) < 4.78 is 40.7. The molecule has 0 fully saturated rings. The van der Waals surface area contributed by atoms with E-state index < -0.39 is 23.4 Å². The molecule has 1 aromatic carbocycles. The number of benzene rings is 1. The van der Waals surface area contributed by atoms with Crippen molar-refractivity contribution in [3.8, 4) is 11.4 Å². The third-order valence-electron chi connectivity index (χ3n) is 4.75. The van der Waals surface area contributed by atoms with Gasteiger partial charge in [0.25, 0.3) is 0 Å². The van der Waals surface area contributed by atoms with Gasteiger partial charge < -0.3 is 5.32 Å². The number of hydrogen-bond donors (Lipinski definition) is 1. The maximum absolute atomic E-state index is 13.3. The largest absolute Gasteiger partial charge is 0.406 e. The molecule has 2 heterocycles. The average molecular weight is 492 g/mol. The standard InChI is InChI=1S/C23H24F3N5O2S/c1-14(18(32)15-5-7-17(8-6-15)28-20(33)22(2,3)4)34-21-30-29-19(16-9-11-27-12-10-16)31(21)13-23(24,25)26/h5-12,14H,13H2,1-4H3,(H,28,33). The Kier molecular flexibility index (Phi) is 7.44. The van der Waals surface area contributed by atoms with Gasteiger partial charge in [-0.2, -0.15) is 13.2 Å². The molecule has 0 spiro atoms. The van der Waals surface area contributed by atoms with Gasteiger partial charge in [-0.3, -0.25) is 19.1 Å². The van der Waals surface area contributed by atoms with Crippen molar-refractivity contribution in [1.82, 2.24) is 19.7 Å². The molecule has 34 heavy (non-hydrogen) atoms. The number of anilines is 1. The van der Waals surface area contributed by atoms with Gasteiger partial charge in [-0.25, -0.2) is 0 Å². The van der Waals surface area contributed by atoms with Crippen LogP contribution >= 0.6 is 11.8 Å². The topological polar surface area (TPSA) is 89.8 Å². The van der Waals surface area contributed by atoms with Crippen molar-refractivity contribution in [1.29, 1.82) is 0 Å². The summed E-state index contributed by atoms with van der Waals surface area (Å²) in [5, 5.41) is 9.88. The van der Waals surface area contributed by atoms with Crippen molar-refractivity contribution < 1.29 is 22.8 Å². The molecule has 0 radical (unpaired) electrons. The quantitative estimate of drug-likeness (QED) is 0.359. The first kappa shape index (κ1) is 25.4. The fourth-order valence-electron chi connectivity index (χ4n) is 2.90. The van der Waals surface area contributed by atoms with Crippen molar-refractivity contribution in [2.45, 2.75) is 50.8 Å². The van der Waals surface area contributed by atoms with Crippen LogP contribution in [0.5, 0.6) is 0 Å². The molecule has 0 aliphatic rings. The van der Waals surface area contributed by atoms with Crippen LogP contribution in [0.3, 0.4) is 0 Å². The molecule has 7 nitrogen and oxygen atoms in total. The molecule has 0 saturated heterocycles. The summed E-state index contributed by atoms with van der Waals surface area (Å²) in [5.74, 6) is -0.406. The molecular formula is C23H24F3N5O2S. The zero-order valence-corrected chi connectivity index (χ0v) is 19.9. The molecule has 0 bridgehead atoms. The molecule has 1 atom stereocenters. The molecule has 180 valence electrons. The van der Waals surface area contributed by atoms with Crippen LogP contribution in [-0.4, -0.2) is 42.9 Å². The smallest absolute Gasteiger partial charge is 0.326 e. The van der Waals surface area contributed by atoms with Gasteiger partial charge in [-0.05, 0) is 43.3 Å². The van der Waals surface area contributed by atoms with Gasteiger partial charge in [0.05, 0.1) is 5.25 Å². The van der Waals surface area contributed by atoms with Crippen molar-refractivity contribution in [2.75, 3.05) is 5.32 Å². The Morgan fingerprint density at radius 1 is 1.03 bits per heavy atom. The Morgan fingerprint density at radius 3 is 2.21 bits per heavy atom. The van der Waals surface area contributed by atoms with Crippen LogP contribution in [0.15, 0.2) is 53.9 Å². The minimum Gasteiger partial charge on any atom is -0.326 e. The Hall–Kier alpha value is -3.21. The van der Waals surface area contributed by atoms with Crippen LogP contribution in [0, 0.1) is 5.41 Å². The van der Waals surface area contributed by atoms with Gasteiger partial charge in [-0.1, -0.05) is 32.5 Å². The first-order valence-electron chi connectivity index (χ1n) is 10.4. The Labute approximate surface area is 199 Å². The van der Waals surface area contributed by atoms with E-state index in [1.807, 2.05) is 0 Å². The van der Waals surface area contributed by atoms with Gasteiger partial charge in [-0.15, -0.1) is 10.2 Å². The number of rotatable bonds is 7. The normalized spacial score (nSPS) is 12.9. The van der Waals surface area contributed by atoms with Gasteiger partial charge in [0.1, 0.15) is 6.54 Å². The third-order valence-corrected chi connectivity index (χ3v) is 5.83. The Morgan fingerprint density at radius 2 is 1.65 bits per heavy atom. The second-order valence-electron chi connectivity index (χ2n) is 8.65. The Balaban J connectivity index is 1.78. The molecule has 0 aliphatic carbocycles. The lowest BCUT2D eigenvalue weighted by Gasteiger charge is -2.18. The number of thioether (sulfide) groups is 1. The molecule has 11 heteroatoms. The highest BCUT2D eigenvalue weighted by molar-refractivity contribution is 8.00. The van der Waals surface area contributed by atoms with Crippen molar-refractivity contribution in [3.05, 3.63) is 54.4 Å². The molecular weight excluding hydrogens is 467 g/mol. The predicted octanol–water partition coefficient (Wildman–Crippen LogP) is 5.25. The molecule has 1 amide bonds. The molecule has 0 aliphatic heterocycles. The summed E-state index contributed by atoms with van der Waals surface area (Å²) in [5.41, 5.74) is 0.778. The van der Waals surface area contributed by atoms with E-state index in [2.05, 4.69) is 20.5 Å². The lowest BCUT2D eigenvalue weighted by Crippen LogP contribution is -2.27. The maximum atomic E-state index is 13.3. The minimum absolute atomic E-state index is 0.0148. The zero-order valence-electron chi connectivity index (χ0n) is 19.1. The van der Waals surface area contributed by atoms with Gasteiger partial charge >= 0.3 is 6.18 Å². The highest BCUT2D eigenvalue weighted by Gasteiger charge is 2.32. The fourth-order valence-corrected chi connectivity index (χ4v) is 3.82. The number of nitrogens with zero attached hydrogens (tertiary/aromatic N) is 4. The first-order chi connectivity index (χ1) is 15.8. The van der Waals surface area contributed by atoms with E-state index in [1.165, 1.54) is 12.4 Å². The SMILES string of the molecule is CC(Sc1nnc(-c2ccncc2)n1CC(F)(F)F)C(=O)c1ccc(NC(=O)C(C)(C)C)cc1. The lowest BCUT2D eigenvalue weighted by atomic mass is 9.95. The van der Waals surface area contributed by atoms with Crippen LogP contribution in [0.2, 0.25) is 0 Å². The van der Waals surface area contributed by atoms with Crippen molar-refractivity contribution in [2.24, 2.45) is 5.41 Å². The molecule has 3 aromatic rings. The first-order valence-corrected chi connectivity index (χ1v) is 11.3. The molecule has 3 rings (SSSR count). The zero-order chi connectivity index (χ0) is 25.1. The number of carbonyl (C=O) groups excluding carboxylic acids is 2. The van der Waals surface area contributed by atoms with Gasteiger partial charge in [0.2, 0.25) is 5.91 Å². The van der Waals surface area contributed by atoms with E-state index >= 15 is 0 Å². The molecule has 0 saturated carbocycles. The summed E-state index contributed by atoms with van der Waals surface area (Å²) in [4.78, 5) is 28.9. The molecule has 1 unspecified atom stereocenters. The highest BCUT2D eigenvalue weighted by atomic mass is 32.2. The highest BCUT2D eigenvalue weighted by Crippen LogP contribution is 2.31. The van der Waals surface area contributed by atoms with E-state index in [-0.39, 0.29) is 22.7 Å². The Bertz CT molecular complexity index is 1160. The number of carbonyl (C=O) groups is 2. The number of Topliss-reactive ketones (excluding diaryl/α,β-unsaturated/α-hetero) is 1. The summed E-state index contributed by atoms with van der Waals surface area (Å²) >= 11 is 0.902. The maximum Gasteiger partial charge on any atom is 0.406 e. The second-order valence-corrected chi connectivity index (χ2v) is 9.96. The van der Waals surface area contributed by atoms with Gasteiger partial charge in [0, 0.05) is 34.6 Å². The fraction of sp³-hybridized carbons (Fsp3) is 0.348. The lowest BCUT2D eigenvalue weighted by molar-refractivity contribution is -0.141. The number of amides is 1. The monoisotopic (exact) mass is 491 g/mol. The summed E-state index contributed by atoms with van der Waals surface area (Å²) in [6, 6.07) is 9.45. The van der Waals surface area contributed by atoms with Crippen molar-refractivity contribution >= 4 is 29.1 Å². The number of halogens is 3. The second kappa shape index (κ2) is 9.96. The number of hydrogen-bond acceptors (Lipinski definition) is 6. The van der Waals surface area contributed by atoms with Crippen LogP contribution in [0.1, 0.15) is 38.1 Å². The number of nitrogens with one attached hydrogen (secondary N) is 1. The van der Waals surface area contributed by atoms with Crippen LogP contribution in [-0.2, 0) is 11.3 Å². The summed E-state index contributed by atoms with van der Waals surface area (Å²) in [7, 11) is 0. The molecule has 2 aromatic heterocycles. The van der Waals surface area contributed by atoms with Crippen molar-refractivity contribution in [3.63, 3.8) is 0 Å². The van der Waals surface area contributed by atoms with Gasteiger partial charge in [0.15, 0.2) is 16.8 Å².